The highest BCUT2D eigenvalue weighted by Gasteiger charge is 2.13. The Kier molecular flexibility index (Phi) is 14.8. The number of esters is 1. The van der Waals surface area contributed by atoms with Gasteiger partial charge in [-0.2, -0.15) is 0 Å². The van der Waals surface area contributed by atoms with Gasteiger partial charge in [-0.3, -0.25) is 4.79 Å². The molecule has 0 saturated heterocycles. The lowest BCUT2D eigenvalue weighted by Gasteiger charge is -2.07. The van der Waals surface area contributed by atoms with Gasteiger partial charge in [0, 0.05) is 6.42 Å². The third-order valence-corrected chi connectivity index (χ3v) is 5.33. The first-order chi connectivity index (χ1) is 14.1. The molecule has 1 aromatic carbocycles. The molecule has 0 radical (unpaired) electrons. The predicted octanol–water partition coefficient (Wildman–Crippen LogP) is 7.55. The highest BCUT2D eigenvalue weighted by molar-refractivity contribution is 5.91. The van der Waals surface area contributed by atoms with Crippen LogP contribution in [0.25, 0.3) is 0 Å². The zero-order valence-electron chi connectivity index (χ0n) is 18.3. The van der Waals surface area contributed by atoms with Crippen LogP contribution in [-0.2, 0) is 4.79 Å². The number of carboxylic acid groups (broad SMARTS) is 1. The molecule has 1 rings (SSSR count). The number of rotatable bonds is 18. The van der Waals surface area contributed by atoms with E-state index in [0.29, 0.717) is 6.42 Å². The summed E-state index contributed by atoms with van der Waals surface area (Å²) in [5.41, 5.74) is 0.0253. The fraction of sp³-hybridized carbons (Fsp3) is 0.680. The molecule has 0 heterocycles. The van der Waals surface area contributed by atoms with Crippen LogP contribution in [0.2, 0.25) is 0 Å². The number of carbonyl (C=O) groups excluding carboxylic acids is 1. The van der Waals surface area contributed by atoms with Gasteiger partial charge in [0.25, 0.3) is 0 Å². The van der Waals surface area contributed by atoms with E-state index < -0.39 is 5.97 Å². The van der Waals surface area contributed by atoms with Crippen molar-refractivity contribution in [2.75, 3.05) is 0 Å². The predicted molar refractivity (Wildman–Crippen MR) is 119 cm³/mol. The van der Waals surface area contributed by atoms with Gasteiger partial charge in [-0.25, -0.2) is 4.79 Å². The highest BCUT2D eigenvalue weighted by atomic mass is 16.5. The van der Waals surface area contributed by atoms with Gasteiger partial charge < -0.3 is 9.84 Å². The van der Waals surface area contributed by atoms with E-state index in [1.165, 1.54) is 89.2 Å². The Morgan fingerprint density at radius 1 is 0.724 bits per heavy atom. The molecule has 0 aliphatic rings. The number of aromatic carboxylic acids is 1. The van der Waals surface area contributed by atoms with E-state index in [9.17, 15) is 9.59 Å². The maximum absolute atomic E-state index is 11.9. The molecule has 0 unspecified atom stereocenters. The average Bonchev–Trinajstić information content (AvgIpc) is 2.71. The van der Waals surface area contributed by atoms with E-state index >= 15 is 0 Å². The summed E-state index contributed by atoms with van der Waals surface area (Å²) >= 11 is 0. The first kappa shape index (κ1) is 25.2. The maximum Gasteiger partial charge on any atom is 0.339 e. The van der Waals surface area contributed by atoms with Crippen molar-refractivity contribution in [2.24, 2.45) is 0 Å². The number of carbonyl (C=O) groups is 2. The molecule has 0 amide bonds. The molecular weight excluding hydrogens is 364 g/mol. The lowest BCUT2D eigenvalue weighted by molar-refractivity contribution is -0.134. The average molecular weight is 405 g/mol. The first-order valence-corrected chi connectivity index (χ1v) is 11.7. The Morgan fingerprint density at radius 3 is 1.66 bits per heavy atom. The summed E-state index contributed by atoms with van der Waals surface area (Å²) in [5, 5.41) is 9.10. The van der Waals surface area contributed by atoms with Crippen molar-refractivity contribution < 1.29 is 19.4 Å². The number of unbranched alkanes of at least 4 members (excludes halogenated alkanes) is 14. The van der Waals surface area contributed by atoms with Crippen molar-refractivity contribution in [3.63, 3.8) is 0 Å². The first-order valence-electron chi connectivity index (χ1n) is 11.7. The number of hydrogen-bond acceptors (Lipinski definition) is 3. The van der Waals surface area contributed by atoms with Crippen LogP contribution in [0.5, 0.6) is 5.75 Å². The molecule has 1 N–H and O–H groups in total. The molecule has 0 aliphatic heterocycles. The molecule has 4 heteroatoms. The quantitative estimate of drug-likeness (QED) is 0.156. The zero-order valence-corrected chi connectivity index (χ0v) is 18.3. The summed E-state index contributed by atoms with van der Waals surface area (Å²) in [7, 11) is 0. The van der Waals surface area contributed by atoms with Crippen molar-refractivity contribution in [3.8, 4) is 5.75 Å². The maximum atomic E-state index is 11.9. The van der Waals surface area contributed by atoms with Crippen LogP contribution in [0, 0.1) is 0 Å². The van der Waals surface area contributed by atoms with Crippen LogP contribution in [0.4, 0.5) is 0 Å². The minimum atomic E-state index is -1.08. The Balaban J connectivity index is 1.92. The second-order valence-electron chi connectivity index (χ2n) is 7.98. The SMILES string of the molecule is CCCCCCCCCCCCCCCCCC(=O)Oc1ccccc1C(=O)O. The summed E-state index contributed by atoms with van der Waals surface area (Å²) < 4.78 is 5.21. The second-order valence-corrected chi connectivity index (χ2v) is 7.98. The second kappa shape index (κ2) is 17.1. The van der Waals surface area contributed by atoms with Crippen LogP contribution < -0.4 is 4.74 Å². The van der Waals surface area contributed by atoms with Crippen LogP contribution >= 0.6 is 0 Å². The fourth-order valence-corrected chi connectivity index (χ4v) is 3.55. The smallest absolute Gasteiger partial charge is 0.339 e. The van der Waals surface area contributed by atoms with Gasteiger partial charge in [-0.05, 0) is 18.6 Å². The van der Waals surface area contributed by atoms with Gasteiger partial charge in [0.1, 0.15) is 11.3 Å². The van der Waals surface area contributed by atoms with Gasteiger partial charge in [0.05, 0.1) is 0 Å². The van der Waals surface area contributed by atoms with Crippen molar-refractivity contribution in [1.29, 1.82) is 0 Å². The largest absolute Gasteiger partial charge is 0.478 e. The summed E-state index contributed by atoms with van der Waals surface area (Å²) in [5.74, 6) is -1.31. The third kappa shape index (κ3) is 13.1. The van der Waals surface area contributed by atoms with Gasteiger partial charge in [-0.1, -0.05) is 109 Å². The number of hydrogen-bond donors (Lipinski definition) is 1. The molecule has 0 atom stereocenters. The highest BCUT2D eigenvalue weighted by Crippen LogP contribution is 2.19. The van der Waals surface area contributed by atoms with E-state index in [1.807, 2.05) is 0 Å². The van der Waals surface area contributed by atoms with Crippen LogP contribution in [-0.4, -0.2) is 17.0 Å². The number of benzene rings is 1. The molecule has 0 spiro atoms. The molecule has 0 saturated carbocycles. The van der Waals surface area contributed by atoms with Gasteiger partial charge in [0.2, 0.25) is 0 Å². The van der Waals surface area contributed by atoms with Crippen molar-refractivity contribution in [1.82, 2.24) is 0 Å². The van der Waals surface area contributed by atoms with Crippen LogP contribution in [0.3, 0.4) is 0 Å². The molecule has 0 aromatic heterocycles. The van der Waals surface area contributed by atoms with Crippen molar-refractivity contribution in [3.05, 3.63) is 29.8 Å². The summed E-state index contributed by atoms with van der Waals surface area (Å²) in [6.07, 6.45) is 19.6. The Hall–Kier alpha value is -1.84. The van der Waals surface area contributed by atoms with Gasteiger partial charge in [-0.15, -0.1) is 0 Å². The number of carboxylic acids is 1. The summed E-state index contributed by atoms with van der Waals surface area (Å²) in [4.78, 5) is 23.0. The van der Waals surface area contributed by atoms with Crippen LogP contribution in [0.1, 0.15) is 120 Å². The van der Waals surface area contributed by atoms with E-state index in [0.717, 1.165) is 19.3 Å². The molecule has 1 aromatic rings. The topological polar surface area (TPSA) is 63.6 Å². The zero-order chi connectivity index (χ0) is 21.2. The molecular formula is C25H40O4. The lowest BCUT2D eigenvalue weighted by Crippen LogP contribution is -2.10. The standard InChI is InChI=1S/C25H40O4/c1-2-3-4-5-6-7-8-9-10-11-12-13-14-15-16-21-24(26)29-23-20-18-17-19-22(23)25(27)28/h17-20H,2-16,21H2,1H3,(H,27,28). The Bertz CT molecular complexity index is 568. The van der Waals surface area contributed by atoms with Gasteiger partial charge >= 0.3 is 11.9 Å². The number of para-hydroxylation sites is 1. The van der Waals surface area contributed by atoms with Crippen molar-refractivity contribution in [2.45, 2.75) is 110 Å². The normalized spacial score (nSPS) is 10.8. The molecule has 164 valence electrons. The monoisotopic (exact) mass is 404 g/mol. The van der Waals surface area contributed by atoms with Crippen molar-refractivity contribution >= 4 is 11.9 Å². The fourth-order valence-electron chi connectivity index (χ4n) is 3.55. The Labute approximate surface area is 177 Å². The minimum absolute atomic E-state index is 0.0253. The number of ether oxygens (including phenoxy) is 1. The summed E-state index contributed by atoms with van der Waals surface area (Å²) in [6, 6.07) is 6.25. The van der Waals surface area contributed by atoms with E-state index in [-0.39, 0.29) is 17.3 Å². The minimum Gasteiger partial charge on any atom is -0.478 e. The van der Waals surface area contributed by atoms with Crippen LogP contribution in [0.15, 0.2) is 24.3 Å². The van der Waals surface area contributed by atoms with E-state index in [4.69, 9.17) is 9.84 Å². The molecule has 4 nitrogen and oxygen atoms in total. The van der Waals surface area contributed by atoms with E-state index in [1.54, 1.807) is 12.1 Å². The lowest BCUT2D eigenvalue weighted by atomic mass is 10.0. The molecule has 0 bridgehead atoms. The Morgan fingerprint density at radius 2 is 1.17 bits per heavy atom. The summed E-state index contributed by atoms with van der Waals surface area (Å²) in [6.45, 7) is 2.26. The van der Waals surface area contributed by atoms with E-state index in [2.05, 4.69) is 6.92 Å². The third-order valence-electron chi connectivity index (χ3n) is 5.33. The molecule has 29 heavy (non-hydrogen) atoms. The molecule has 0 fully saturated rings. The molecule has 0 aliphatic carbocycles. The van der Waals surface area contributed by atoms with Gasteiger partial charge in [0.15, 0.2) is 0 Å².